The summed E-state index contributed by atoms with van der Waals surface area (Å²) in [5.74, 6) is -3.44. The summed E-state index contributed by atoms with van der Waals surface area (Å²) in [4.78, 5) is 50.4. The van der Waals surface area contributed by atoms with Crippen molar-refractivity contribution in [1.29, 1.82) is 0 Å². The molecule has 4 atom stereocenters. The largest absolute Gasteiger partial charge is 0.480 e. The Morgan fingerprint density at radius 1 is 1.18 bits per heavy atom. The van der Waals surface area contributed by atoms with Gasteiger partial charge in [-0.3, -0.25) is 14.4 Å². The second-order valence-corrected chi connectivity index (χ2v) is 7.93. The average molecular weight is 474 g/mol. The molecule has 1 aliphatic rings. The lowest BCUT2D eigenvalue weighted by Crippen LogP contribution is -2.53. The minimum absolute atomic E-state index is 0.0414. The Kier molecular flexibility index (Phi) is 7.99. The number of nitrogens with two attached hydrogens (primary N) is 1. The number of carbonyl (C=O) groups is 4. The van der Waals surface area contributed by atoms with E-state index in [0.717, 1.165) is 16.5 Å². The predicted octanol–water partition coefficient (Wildman–Crippen LogP) is -1.68. The smallest absolute Gasteiger partial charge is 0.329 e. The van der Waals surface area contributed by atoms with E-state index >= 15 is 0 Å². The zero-order valence-electron chi connectivity index (χ0n) is 18.1. The van der Waals surface area contributed by atoms with E-state index < -0.39 is 61.2 Å². The number of ether oxygens (including phenoxy) is 1. The Morgan fingerprint density at radius 2 is 1.91 bits per heavy atom. The molecule has 1 heterocycles. The van der Waals surface area contributed by atoms with Crippen molar-refractivity contribution in [3.63, 3.8) is 0 Å². The van der Waals surface area contributed by atoms with Crippen LogP contribution in [-0.2, 0) is 30.3 Å². The number of aromatic nitrogens is 1. The molecule has 1 aromatic carbocycles. The molecule has 0 saturated heterocycles. The van der Waals surface area contributed by atoms with Gasteiger partial charge >= 0.3 is 5.97 Å². The number of primary amides is 1. The summed E-state index contributed by atoms with van der Waals surface area (Å²) in [6.07, 6.45) is 0.142. The third kappa shape index (κ3) is 6.19. The molecule has 1 aromatic heterocycles. The zero-order chi connectivity index (χ0) is 24.8. The van der Waals surface area contributed by atoms with Crippen molar-refractivity contribution in [2.75, 3.05) is 13.2 Å². The first kappa shape index (κ1) is 24.9. The minimum atomic E-state index is -1.40. The highest BCUT2D eigenvalue weighted by Crippen LogP contribution is 2.22. The number of aliphatic carboxylic acids is 1. The van der Waals surface area contributed by atoms with Gasteiger partial charge in [-0.15, -0.1) is 0 Å². The lowest BCUT2D eigenvalue weighted by molar-refractivity contribution is -0.144. The molecule has 3 rings (SSSR count). The molecule has 0 spiro atoms. The molecule has 12 nitrogen and oxygen atoms in total. The number of aliphatic hydroxyl groups is 2. The lowest BCUT2D eigenvalue weighted by Gasteiger charge is -2.31. The number of benzene rings is 1. The molecule has 0 unspecified atom stereocenters. The monoisotopic (exact) mass is 474 g/mol. The lowest BCUT2D eigenvalue weighted by atomic mass is 9.89. The number of carbonyl (C=O) groups excluding carboxylic acids is 3. The average Bonchev–Trinajstić information content (AvgIpc) is 3.18. The topological polar surface area (TPSA) is 204 Å². The van der Waals surface area contributed by atoms with Crippen molar-refractivity contribution < 1.29 is 39.2 Å². The third-order valence-corrected chi connectivity index (χ3v) is 5.40. The van der Waals surface area contributed by atoms with E-state index in [1.54, 1.807) is 6.20 Å². The molecule has 0 fully saturated rings. The van der Waals surface area contributed by atoms with Crippen LogP contribution < -0.4 is 16.4 Å². The fourth-order valence-corrected chi connectivity index (χ4v) is 3.72. The van der Waals surface area contributed by atoms with Gasteiger partial charge in [0.2, 0.25) is 17.7 Å². The first-order valence-corrected chi connectivity index (χ1v) is 10.5. The maximum atomic E-state index is 12.8. The highest BCUT2D eigenvalue weighted by atomic mass is 16.5. The second-order valence-electron chi connectivity index (χ2n) is 7.93. The molecular formula is C22H26N4O8. The van der Waals surface area contributed by atoms with E-state index in [2.05, 4.69) is 20.4 Å². The number of aromatic amines is 1. The summed E-state index contributed by atoms with van der Waals surface area (Å²) in [7, 11) is 0. The summed E-state index contributed by atoms with van der Waals surface area (Å²) < 4.78 is 4.68. The Labute approximate surface area is 193 Å². The number of aliphatic hydroxyl groups excluding tert-OH is 2. The van der Waals surface area contributed by atoms with Crippen LogP contribution in [0.2, 0.25) is 0 Å². The van der Waals surface area contributed by atoms with E-state index in [0.29, 0.717) is 0 Å². The fourth-order valence-electron chi connectivity index (χ4n) is 3.72. The van der Waals surface area contributed by atoms with Crippen molar-refractivity contribution in [3.8, 4) is 0 Å². The van der Waals surface area contributed by atoms with Crippen LogP contribution in [-0.4, -0.2) is 81.5 Å². The SMILES string of the molecule is NC(=O)[C@@H](Cc1c[nH]c2ccccc12)NC(=O)C1=C[C@@H](NC(=O)COCC(=O)O)[C@@H](O)[C@H](O)C1. The first-order valence-electron chi connectivity index (χ1n) is 10.5. The van der Waals surface area contributed by atoms with Gasteiger partial charge in [-0.25, -0.2) is 4.79 Å². The van der Waals surface area contributed by atoms with Crippen LogP contribution in [0.5, 0.6) is 0 Å². The van der Waals surface area contributed by atoms with Crippen LogP contribution in [0.25, 0.3) is 10.9 Å². The molecule has 8 N–H and O–H groups in total. The van der Waals surface area contributed by atoms with Crippen LogP contribution in [0, 0.1) is 0 Å². The molecule has 0 radical (unpaired) electrons. The first-order chi connectivity index (χ1) is 16.2. The van der Waals surface area contributed by atoms with Crippen LogP contribution in [0.15, 0.2) is 42.1 Å². The number of carboxylic acid groups (broad SMARTS) is 1. The van der Waals surface area contributed by atoms with Crippen molar-refractivity contribution >= 4 is 34.6 Å². The van der Waals surface area contributed by atoms with Crippen LogP contribution in [0.1, 0.15) is 12.0 Å². The maximum absolute atomic E-state index is 12.8. The van der Waals surface area contributed by atoms with Crippen molar-refractivity contribution in [3.05, 3.63) is 47.7 Å². The highest BCUT2D eigenvalue weighted by molar-refractivity contribution is 5.97. The van der Waals surface area contributed by atoms with Crippen LogP contribution >= 0.6 is 0 Å². The zero-order valence-corrected chi connectivity index (χ0v) is 18.1. The molecule has 34 heavy (non-hydrogen) atoms. The van der Waals surface area contributed by atoms with Gasteiger partial charge < -0.3 is 41.4 Å². The van der Waals surface area contributed by atoms with Crippen LogP contribution in [0.4, 0.5) is 0 Å². The minimum Gasteiger partial charge on any atom is -0.480 e. The Balaban J connectivity index is 1.69. The van der Waals surface area contributed by atoms with Crippen LogP contribution in [0.3, 0.4) is 0 Å². The number of nitrogens with one attached hydrogen (secondary N) is 3. The molecule has 0 saturated carbocycles. The molecule has 3 amide bonds. The van der Waals surface area contributed by atoms with Crippen molar-refractivity contribution in [2.45, 2.75) is 37.1 Å². The van der Waals surface area contributed by atoms with Gasteiger partial charge in [0, 0.05) is 35.5 Å². The highest BCUT2D eigenvalue weighted by Gasteiger charge is 2.34. The number of fused-ring (bicyclic) bond motifs is 1. The van der Waals surface area contributed by atoms with E-state index in [9.17, 15) is 29.4 Å². The Morgan fingerprint density at radius 3 is 2.62 bits per heavy atom. The summed E-state index contributed by atoms with van der Waals surface area (Å²) in [6.45, 7) is -1.27. The number of H-pyrrole nitrogens is 1. The summed E-state index contributed by atoms with van der Waals surface area (Å²) >= 11 is 0. The normalized spacial score (nSPS) is 20.9. The van der Waals surface area contributed by atoms with Gasteiger partial charge in [0.15, 0.2) is 0 Å². The molecule has 2 aromatic rings. The number of amides is 3. The number of hydrogen-bond donors (Lipinski definition) is 7. The third-order valence-electron chi connectivity index (χ3n) is 5.40. The second kappa shape index (κ2) is 10.9. The number of hydrogen-bond acceptors (Lipinski definition) is 7. The molecule has 1 aliphatic carbocycles. The number of rotatable bonds is 10. The number of carboxylic acids is 1. The van der Waals surface area contributed by atoms with Gasteiger partial charge in [0.05, 0.1) is 12.1 Å². The Bertz CT molecular complexity index is 1110. The maximum Gasteiger partial charge on any atom is 0.329 e. The quantitative estimate of drug-likeness (QED) is 0.211. The van der Waals surface area contributed by atoms with E-state index in [-0.39, 0.29) is 18.4 Å². The van der Waals surface area contributed by atoms with Crippen molar-refractivity contribution in [1.82, 2.24) is 15.6 Å². The molecular weight excluding hydrogens is 448 g/mol. The summed E-state index contributed by atoms with van der Waals surface area (Å²) in [5, 5.41) is 34.7. The van der Waals surface area contributed by atoms with Gasteiger partial charge in [0.25, 0.3) is 0 Å². The van der Waals surface area contributed by atoms with Gasteiger partial charge in [0.1, 0.15) is 25.4 Å². The molecule has 0 aliphatic heterocycles. The molecule has 0 bridgehead atoms. The number of para-hydroxylation sites is 1. The van der Waals surface area contributed by atoms with E-state index in [1.807, 2.05) is 24.3 Å². The summed E-state index contributed by atoms with van der Waals surface area (Å²) in [5.41, 5.74) is 7.18. The predicted molar refractivity (Wildman–Crippen MR) is 118 cm³/mol. The van der Waals surface area contributed by atoms with Gasteiger partial charge in [-0.05, 0) is 11.6 Å². The van der Waals surface area contributed by atoms with Gasteiger partial charge in [-0.2, -0.15) is 0 Å². The Hall–Kier alpha value is -3.74. The van der Waals surface area contributed by atoms with Crippen molar-refractivity contribution in [2.24, 2.45) is 5.73 Å². The van der Waals surface area contributed by atoms with E-state index in [4.69, 9.17) is 10.8 Å². The summed E-state index contributed by atoms with van der Waals surface area (Å²) in [6, 6.07) is 5.27. The molecule has 12 heteroatoms. The van der Waals surface area contributed by atoms with E-state index in [1.165, 1.54) is 6.08 Å². The van der Waals surface area contributed by atoms with Gasteiger partial charge in [-0.1, -0.05) is 24.3 Å². The molecule has 182 valence electrons. The standard InChI is InChI=1S/C22H26N4O8/c23-21(32)16(6-12-8-24-14-4-2-1-3-13(12)14)26-22(33)11-5-15(20(31)17(27)7-11)25-18(28)9-34-10-19(29)30/h1-5,8,15-17,20,24,27,31H,6-7,9-10H2,(H2,23,32)(H,25,28)(H,26,33)(H,29,30)/t15-,16-,17-,20-/m1/s1. The fraction of sp³-hybridized carbons (Fsp3) is 0.364.